The molecule has 0 aliphatic heterocycles. The van der Waals surface area contributed by atoms with Crippen molar-refractivity contribution in [1.82, 2.24) is 10.3 Å². The lowest BCUT2D eigenvalue weighted by Gasteiger charge is -2.14. The van der Waals surface area contributed by atoms with Crippen molar-refractivity contribution in [3.63, 3.8) is 0 Å². The molecule has 1 aromatic rings. The number of anilines is 1. The van der Waals surface area contributed by atoms with Crippen molar-refractivity contribution in [1.29, 1.82) is 0 Å². The minimum absolute atomic E-state index is 0.0159. The van der Waals surface area contributed by atoms with Gasteiger partial charge in [0.2, 0.25) is 0 Å². The highest BCUT2D eigenvalue weighted by Gasteiger charge is 2.12. The van der Waals surface area contributed by atoms with Crippen molar-refractivity contribution in [2.45, 2.75) is 39.7 Å². The lowest BCUT2D eigenvalue weighted by atomic mass is 10.1. The second-order valence-electron chi connectivity index (χ2n) is 4.84. The molecule has 1 atom stereocenters. The van der Waals surface area contributed by atoms with E-state index < -0.39 is 0 Å². The van der Waals surface area contributed by atoms with Crippen LogP contribution in [0.2, 0.25) is 0 Å². The van der Waals surface area contributed by atoms with Crippen molar-refractivity contribution in [3.05, 3.63) is 23.4 Å². The van der Waals surface area contributed by atoms with Gasteiger partial charge in [0, 0.05) is 31.0 Å². The molecule has 20 heavy (non-hydrogen) atoms. The standard InChI is InChI=1S/C15H25N3O2/c1-5-7-16-14-9-12(8-13(6-2)18-14)15(19)17-11(3)10-20-4/h8-9,11H,5-7,10H2,1-4H3,(H,16,18)(H,17,19). The molecule has 0 saturated heterocycles. The molecule has 112 valence electrons. The molecule has 1 heterocycles. The van der Waals surface area contributed by atoms with Crippen LogP contribution in [0.4, 0.5) is 5.82 Å². The van der Waals surface area contributed by atoms with Gasteiger partial charge in [-0.1, -0.05) is 13.8 Å². The molecule has 1 amide bonds. The van der Waals surface area contributed by atoms with Crippen molar-refractivity contribution in [2.75, 3.05) is 25.6 Å². The van der Waals surface area contributed by atoms with Crippen LogP contribution in [0.5, 0.6) is 0 Å². The number of carbonyl (C=O) groups is 1. The van der Waals surface area contributed by atoms with E-state index in [2.05, 4.69) is 22.5 Å². The fourth-order valence-electron chi connectivity index (χ4n) is 1.84. The lowest BCUT2D eigenvalue weighted by Crippen LogP contribution is -2.35. The van der Waals surface area contributed by atoms with Crippen LogP contribution in [0.15, 0.2) is 12.1 Å². The predicted molar refractivity (Wildman–Crippen MR) is 81.2 cm³/mol. The van der Waals surface area contributed by atoms with Gasteiger partial charge in [-0.25, -0.2) is 4.98 Å². The molecule has 5 nitrogen and oxygen atoms in total. The fraction of sp³-hybridized carbons (Fsp3) is 0.600. The number of aryl methyl sites for hydroxylation is 1. The molecule has 0 aliphatic rings. The SMILES string of the molecule is CCCNc1cc(C(=O)NC(C)COC)cc(CC)n1. The van der Waals surface area contributed by atoms with Crippen LogP contribution in [-0.2, 0) is 11.2 Å². The number of ether oxygens (including phenoxy) is 1. The van der Waals surface area contributed by atoms with Gasteiger partial charge >= 0.3 is 0 Å². The molecule has 0 saturated carbocycles. The molecule has 0 spiro atoms. The number of carbonyl (C=O) groups excluding carboxylic acids is 1. The number of pyridine rings is 1. The summed E-state index contributed by atoms with van der Waals surface area (Å²) in [4.78, 5) is 16.7. The molecule has 0 radical (unpaired) electrons. The Hall–Kier alpha value is -1.62. The quantitative estimate of drug-likeness (QED) is 0.766. The largest absolute Gasteiger partial charge is 0.383 e. The summed E-state index contributed by atoms with van der Waals surface area (Å²) >= 11 is 0. The highest BCUT2D eigenvalue weighted by atomic mass is 16.5. The van der Waals surface area contributed by atoms with Crippen LogP contribution in [0.25, 0.3) is 0 Å². The minimum Gasteiger partial charge on any atom is -0.383 e. The fourth-order valence-corrected chi connectivity index (χ4v) is 1.84. The van der Waals surface area contributed by atoms with Gasteiger partial charge in [0.15, 0.2) is 0 Å². The van der Waals surface area contributed by atoms with Crippen LogP contribution in [0.3, 0.4) is 0 Å². The second kappa shape index (κ2) is 8.53. The number of nitrogens with one attached hydrogen (secondary N) is 2. The molecule has 0 bridgehead atoms. The summed E-state index contributed by atoms with van der Waals surface area (Å²) in [6.07, 6.45) is 1.82. The number of methoxy groups -OCH3 is 1. The average molecular weight is 279 g/mol. The molecule has 1 rings (SSSR count). The summed E-state index contributed by atoms with van der Waals surface area (Å²) in [7, 11) is 1.62. The van der Waals surface area contributed by atoms with E-state index in [1.807, 2.05) is 19.9 Å². The number of hydrogen-bond acceptors (Lipinski definition) is 4. The van der Waals surface area contributed by atoms with E-state index in [1.54, 1.807) is 13.2 Å². The van der Waals surface area contributed by atoms with Crippen LogP contribution in [-0.4, -0.2) is 37.2 Å². The number of hydrogen-bond donors (Lipinski definition) is 2. The van der Waals surface area contributed by atoms with Gasteiger partial charge in [-0.05, 0) is 31.9 Å². The molecule has 0 aliphatic carbocycles. The van der Waals surface area contributed by atoms with Crippen LogP contribution in [0, 0.1) is 0 Å². The molecule has 2 N–H and O–H groups in total. The highest BCUT2D eigenvalue weighted by Crippen LogP contribution is 2.12. The van der Waals surface area contributed by atoms with Crippen LogP contribution >= 0.6 is 0 Å². The normalized spacial score (nSPS) is 12.0. The predicted octanol–water partition coefficient (Wildman–Crippen LogP) is 2.23. The monoisotopic (exact) mass is 279 g/mol. The maximum atomic E-state index is 12.2. The van der Waals surface area contributed by atoms with Gasteiger partial charge in [-0.15, -0.1) is 0 Å². The summed E-state index contributed by atoms with van der Waals surface area (Å²) in [5, 5.41) is 6.14. The molecular formula is C15H25N3O2. The zero-order chi connectivity index (χ0) is 15.0. The Morgan fingerprint density at radius 1 is 1.40 bits per heavy atom. The van der Waals surface area contributed by atoms with Gasteiger partial charge in [0.25, 0.3) is 5.91 Å². The van der Waals surface area contributed by atoms with Crippen LogP contribution in [0.1, 0.15) is 43.2 Å². The first-order valence-corrected chi connectivity index (χ1v) is 7.15. The Labute approximate surface area is 121 Å². The summed E-state index contributed by atoms with van der Waals surface area (Å²) in [6, 6.07) is 3.62. The molecule has 0 fully saturated rings. The number of amides is 1. The maximum Gasteiger partial charge on any atom is 0.251 e. The highest BCUT2D eigenvalue weighted by molar-refractivity contribution is 5.95. The summed E-state index contributed by atoms with van der Waals surface area (Å²) in [5.74, 6) is 0.668. The average Bonchev–Trinajstić information content (AvgIpc) is 2.44. The molecular weight excluding hydrogens is 254 g/mol. The van der Waals surface area contributed by atoms with Gasteiger partial charge in [-0.2, -0.15) is 0 Å². The van der Waals surface area contributed by atoms with Crippen molar-refractivity contribution in [3.8, 4) is 0 Å². The third kappa shape index (κ3) is 5.17. The van der Waals surface area contributed by atoms with E-state index in [0.717, 1.165) is 30.9 Å². The van der Waals surface area contributed by atoms with Crippen molar-refractivity contribution < 1.29 is 9.53 Å². The molecule has 5 heteroatoms. The smallest absolute Gasteiger partial charge is 0.251 e. The lowest BCUT2D eigenvalue weighted by molar-refractivity contribution is 0.0905. The van der Waals surface area contributed by atoms with E-state index in [4.69, 9.17) is 4.74 Å². The maximum absolute atomic E-state index is 12.2. The topological polar surface area (TPSA) is 63.2 Å². The Morgan fingerprint density at radius 2 is 2.15 bits per heavy atom. The molecule has 1 aromatic heterocycles. The first kappa shape index (κ1) is 16.4. The zero-order valence-corrected chi connectivity index (χ0v) is 12.8. The third-order valence-electron chi connectivity index (χ3n) is 2.85. The number of nitrogens with zero attached hydrogens (tertiary/aromatic N) is 1. The third-order valence-corrected chi connectivity index (χ3v) is 2.85. The van der Waals surface area contributed by atoms with Crippen molar-refractivity contribution in [2.24, 2.45) is 0 Å². The Balaban J connectivity index is 2.83. The van der Waals surface area contributed by atoms with Gasteiger partial charge in [0.1, 0.15) is 5.82 Å². The zero-order valence-electron chi connectivity index (χ0n) is 12.8. The Bertz CT molecular complexity index is 435. The Kier molecular flexibility index (Phi) is 7.01. The molecule has 0 aromatic carbocycles. The summed E-state index contributed by atoms with van der Waals surface area (Å²) < 4.78 is 5.02. The number of aromatic nitrogens is 1. The summed E-state index contributed by atoms with van der Waals surface area (Å²) in [6.45, 7) is 7.39. The first-order valence-electron chi connectivity index (χ1n) is 7.15. The second-order valence-corrected chi connectivity index (χ2v) is 4.84. The van der Waals surface area contributed by atoms with Crippen molar-refractivity contribution >= 4 is 11.7 Å². The molecule has 1 unspecified atom stereocenters. The first-order chi connectivity index (χ1) is 9.60. The van der Waals surface area contributed by atoms with Gasteiger partial charge in [0.05, 0.1) is 6.61 Å². The van der Waals surface area contributed by atoms with E-state index in [1.165, 1.54) is 0 Å². The van der Waals surface area contributed by atoms with E-state index in [-0.39, 0.29) is 11.9 Å². The van der Waals surface area contributed by atoms with Crippen LogP contribution < -0.4 is 10.6 Å². The number of rotatable bonds is 8. The van der Waals surface area contributed by atoms with E-state index in [9.17, 15) is 4.79 Å². The minimum atomic E-state index is -0.0915. The van der Waals surface area contributed by atoms with Gasteiger partial charge in [-0.3, -0.25) is 4.79 Å². The van der Waals surface area contributed by atoms with E-state index in [0.29, 0.717) is 12.2 Å². The Morgan fingerprint density at radius 3 is 2.75 bits per heavy atom. The van der Waals surface area contributed by atoms with E-state index >= 15 is 0 Å². The van der Waals surface area contributed by atoms with Gasteiger partial charge < -0.3 is 15.4 Å². The summed E-state index contributed by atoms with van der Waals surface area (Å²) in [5.41, 5.74) is 1.55.